The van der Waals surface area contributed by atoms with Crippen LogP contribution in [-0.2, 0) is 11.3 Å². The fraction of sp³-hybridized carbons (Fsp3) is 0.556. The highest BCUT2D eigenvalue weighted by molar-refractivity contribution is 5.76. The molecule has 2 aliphatic rings. The van der Waals surface area contributed by atoms with E-state index < -0.39 is 0 Å². The molecule has 0 aliphatic carbocycles. The van der Waals surface area contributed by atoms with Crippen LogP contribution in [0, 0.1) is 0 Å². The van der Waals surface area contributed by atoms with Gasteiger partial charge in [-0.05, 0) is 30.5 Å². The summed E-state index contributed by atoms with van der Waals surface area (Å²) in [5.41, 5.74) is 0.976. The van der Waals surface area contributed by atoms with Crippen LogP contribution in [0.5, 0.6) is 11.5 Å². The monoisotopic (exact) mass is 347 g/mol. The molecule has 0 radical (unpaired) electrons. The fourth-order valence-electron chi connectivity index (χ4n) is 3.09. The zero-order valence-corrected chi connectivity index (χ0v) is 14.6. The Morgan fingerprint density at radius 2 is 2.08 bits per heavy atom. The van der Waals surface area contributed by atoms with Crippen molar-refractivity contribution in [3.63, 3.8) is 0 Å². The third-order valence-corrected chi connectivity index (χ3v) is 4.53. The SMILES string of the molecule is CN(Cc1ccc2c(c1)OCO2)C(=O)NCCN1CCCCCC1=O. The average Bonchev–Trinajstić information content (AvgIpc) is 2.97. The van der Waals surface area contributed by atoms with Gasteiger partial charge in [0.05, 0.1) is 0 Å². The van der Waals surface area contributed by atoms with Gasteiger partial charge >= 0.3 is 6.03 Å². The zero-order chi connectivity index (χ0) is 17.6. The number of rotatable bonds is 5. The molecule has 136 valence electrons. The average molecular weight is 347 g/mol. The van der Waals surface area contributed by atoms with Gasteiger partial charge in [-0.15, -0.1) is 0 Å². The first kappa shape index (κ1) is 17.4. The second-order valence-electron chi connectivity index (χ2n) is 6.47. The van der Waals surface area contributed by atoms with Crippen molar-refractivity contribution in [1.29, 1.82) is 0 Å². The summed E-state index contributed by atoms with van der Waals surface area (Å²) in [5.74, 6) is 1.64. The molecule has 1 fully saturated rings. The van der Waals surface area contributed by atoms with Crippen molar-refractivity contribution in [2.24, 2.45) is 0 Å². The van der Waals surface area contributed by atoms with E-state index in [4.69, 9.17) is 9.47 Å². The van der Waals surface area contributed by atoms with E-state index in [0.717, 1.165) is 37.1 Å². The summed E-state index contributed by atoms with van der Waals surface area (Å²) in [6.45, 7) is 2.55. The van der Waals surface area contributed by atoms with E-state index in [2.05, 4.69) is 5.32 Å². The maximum atomic E-state index is 12.2. The Morgan fingerprint density at radius 1 is 1.24 bits per heavy atom. The van der Waals surface area contributed by atoms with Crippen LogP contribution < -0.4 is 14.8 Å². The van der Waals surface area contributed by atoms with Crippen LogP contribution in [0.3, 0.4) is 0 Å². The van der Waals surface area contributed by atoms with Gasteiger partial charge in [0, 0.05) is 39.6 Å². The molecule has 3 rings (SSSR count). The van der Waals surface area contributed by atoms with Crippen LogP contribution >= 0.6 is 0 Å². The predicted molar refractivity (Wildman–Crippen MR) is 92.5 cm³/mol. The third-order valence-electron chi connectivity index (χ3n) is 4.53. The first-order chi connectivity index (χ1) is 12.1. The summed E-state index contributed by atoms with van der Waals surface area (Å²) in [5, 5.41) is 2.88. The number of urea groups is 1. The van der Waals surface area contributed by atoms with Crippen LogP contribution in [0.2, 0.25) is 0 Å². The van der Waals surface area contributed by atoms with Crippen LogP contribution in [-0.4, -0.2) is 55.2 Å². The van der Waals surface area contributed by atoms with Crippen molar-refractivity contribution in [1.82, 2.24) is 15.1 Å². The summed E-state index contributed by atoms with van der Waals surface area (Å²) >= 11 is 0. The van der Waals surface area contributed by atoms with Gasteiger partial charge in [0.1, 0.15) is 0 Å². The van der Waals surface area contributed by atoms with E-state index in [1.807, 2.05) is 23.1 Å². The molecule has 7 nitrogen and oxygen atoms in total. The van der Waals surface area contributed by atoms with E-state index in [1.165, 1.54) is 0 Å². The van der Waals surface area contributed by atoms with Crippen LogP contribution in [0.1, 0.15) is 31.2 Å². The van der Waals surface area contributed by atoms with Gasteiger partial charge < -0.3 is 24.6 Å². The number of nitrogens with zero attached hydrogens (tertiary/aromatic N) is 2. The van der Waals surface area contributed by atoms with Crippen LogP contribution in [0.4, 0.5) is 4.79 Å². The summed E-state index contributed by atoms with van der Waals surface area (Å²) < 4.78 is 10.6. The maximum absolute atomic E-state index is 12.2. The topological polar surface area (TPSA) is 71.1 Å². The highest BCUT2D eigenvalue weighted by atomic mass is 16.7. The van der Waals surface area contributed by atoms with Crippen molar-refractivity contribution < 1.29 is 19.1 Å². The first-order valence-electron chi connectivity index (χ1n) is 8.79. The lowest BCUT2D eigenvalue weighted by atomic mass is 10.2. The number of ether oxygens (including phenoxy) is 2. The standard InChI is InChI=1S/C18H25N3O4/c1-20(12-14-6-7-15-16(11-14)25-13-24-15)18(23)19-8-10-21-9-4-2-3-5-17(21)22/h6-7,11H,2-5,8-10,12-13H2,1H3,(H,19,23). The number of hydrogen-bond acceptors (Lipinski definition) is 4. The smallest absolute Gasteiger partial charge is 0.317 e. The lowest BCUT2D eigenvalue weighted by Gasteiger charge is -2.22. The van der Waals surface area contributed by atoms with Crippen LogP contribution in [0.15, 0.2) is 18.2 Å². The molecule has 0 aromatic heterocycles. The number of amides is 3. The maximum Gasteiger partial charge on any atom is 0.317 e. The number of likely N-dealkylation sites (tertiary alicyclic amines) is 1. The molecule has 7 heteroatoms. The lowest BCUT2D eigenvalue weighted by Crippen LogP contribution is -2.42. The molecule has 1 aromatic carbocycles. The molecular formula is C18H25N3O4. The van der Waals surface area contributed by atoms with Crippen molar-refractivity contribution in [2.75, 3.05) is 33.5 Å². The Labute approximate surface area is 147 Å². The number of carbonyl (C=O) groups excluding carboxylic acids is 2. The molecule has 1 aromatic rings. The summed E-state index contributed by atoms with van der Waals surface area (Å²) in [4.78, 5) is 27.6. The highest BCUT2D eigenvalue weighted by Crippen LogP contribution is 2.32. The first-order valence-corrected chi connectivity index (χ1v) is 8.79. The molecule has 0 unspecified atom stereocenters. The number of fused-ring (bicyclic) bond motifs is 1. The largest absolute Gasteiger partial charge is 0.454 e. The molecule has 0 bridgehead atoms. The normalized spacial score (nSPS) is 16.5. The molecule has 1 N–H and O–H groups in total. The third kappa shape index (κ3) is 4.55. The second-order valence-corrected chi connectivity index (χ2v) is 6.47. The summed E-state index contributed by atoms with van der Waals surface area (Å²) in [7, 11) is 1.75. The second kappa shape index (κ2) is 8.09. The number of nitrogens with one attached hydrogen (secondary N) is 1. The number of benzene rings is 1. The van der Waals surface area contributed by atoms with Gasteiger partial charge in [-0.1, -0.05) is 12.5 Å². The number of hydrogen-bond donors (Lipinski definition) is 1. The molecule has 0 atom stereocenters. The molecule has 0 saturated carbocycles. The summed E-state index contributed by atoms with van der Waals surface area (Å²) in [6, 6.07) is 5.52. The highest BCUT2D eigenvalue weighted by Gasteiger charge is 2.17. The van der Waals surface area contributed by atoms with E-state index in [1.54, 1.807) is 11.9 Å². The molecular weight excluding hydrogens is 322 g/mol. The van der Waals surface area contributed by atoms with Crippen molar-refractivity contribution in [3.05, 3.63) is 23.8 Å². The van der Waals surface area contributed by atoms with Gasteiger partial charge in [0.25, 0.3) is 0 Å². The van der Waals surface area contributed by atoms with E-state index in [9.17, 15) is 9.59 Å². The Bertz CT molecular complexity index is 635. The molecule has 2 aliphatic heterocycles. The molecule has 25 heavy (non-hydrogen) atoms. The molecule has 3 amide bonds. The Kier molecular flexibility index (Phi) is 5.63. The van der Waals surface area contributed by atoms with E-state index in [0.29, 0.717) is 31.8 Å². The van der Waals surface area contributed by atoms with Gasteiger partial charge in [0.15, 0.2) is 11.5 Å². The molecule has 2 heterocycles. The number of carbonyl (C=O) groups is 2. The Balaban J connectivity index is 1.43. The molecule has 1 saturated heterocycles. The predicted octanol–water partition coefficient (Wildman–Crippen LogP) is 1.96. The van der Waals surface area contributed by atoms with Gasteiger partial charge in [-0.2, -0.15) is 0 Å². The van der Waals surface area contributed by atoms with Gasteiger partial charge in [-0.3, -0.25) is 4.79 Å². The minimum absolute atomic E-state index is 0.153. The van der Waals surface area contributed by atoms with E-state index in [-0.39, 0.29) is 18.7 Å². The van der Waals surface area contributed by atoms with Crippen LogP contribution in [0.25, 0.3) is 0 Å². The zero-order valence-electron chi connectivity index (χ0n) is 14.6. The quantitative estimate of drug-likeness (QED) is 0.884. The molecule has 0 spiro atoms. The minimum Gasteiger partial charge on any atom is -0.454 e. The lowest BCUT2D eigenvalue weighted by molar-refractivity contribution is -0.130. The van der Waals surface area contributed by atoms with Crippen molar-refractivity contribution in [2.45, 2.75) is 32.2 Å². The van der Waals surface area contributed by atoms with Gasteiger partial charge in [0.2, 0.25) is 12.7 Å². The Morgan fingerprint density at radius 3 is 2.96 bits per heavy atom. The van der Waals surface area contributed by atoms with Crippen molar-refractivity contribution >= 4 is 11.9 Å². The summed E-state index contributed by atoms with van der Waals surface area (Å²) in [6.07, 6.45) is 3.74. The van der Waals surface area contributed by atoms with Gasteiger partial charge in [-0.25, -0.2) is 4.79 Å². The minimum atomic E-state index is -0.153. The van der Waals surface area contributed by atoms with E-state index >= 15 is 0 Å². The fourth-order valence-corrected chi connectivity index (χ4v) is 3.09. The Hall–Kier alpha value is -2.44. The van der Waals surface area contributed by atoms with Crippen molar-refractivity contribution in [3.8, 4) is 11.5 Å².